The molecule has 5 nitrogen and oxygen atoms in total. The first-order valence-electron chi connectivity index (χ1n) is 9.89. The number of furan rings is 1. The Kier molecular flexibility index (Phi) is 5.53. The number of nitrogens with zero attached hydrogens (tertiary/aromatic N) is 1. The number of carbonyl (C=O) groups is 1. The number of ether oxygens (including phenoxy) is 1. The highest BCUT2D eigenvalue weighted by Crippen LogP contribution is 2.30. The van der Waals surface area contributed by atoms with Crippen LogP contribution in [-0.2, 0) is 6.61 Å². The van der Waals surface area contributed by atoms with Crippen LogP contribution in [0.4, 0.5) is 4.39 Å². The molecule has 1 fully saturated rings. The van der Waals surface area contributed by atoms with Gasteiger partial charge in [0.25, 0.3) is 5.91 Å². The lowest BCUT2D eigenvalue weighted by Gasteiger charge is -2.29. The maximum atomic E-state index is 13.3. The summed E-state index contributed by atoms with van der Waals surface area (Å²) in [5.74, 6) is 0.793. The van der Waals surface area contributed by atoms with Crippen molar-refractivity contribution in [1.82, 2.24) is 10.2 Å². The maximum Gasteiger partial charge on any atom is 0.255 e. The topological polar surface area (TPSA) is 54.7 Å². The number of halogens is 1. The predicted octanol–water partition coefficient (Wildman–Crippen LogP) is 4.28. The lowest BCUT2D eigenvalue weighted by Crippen LogP contribution is -2.43. The second-order valence-corrected chi connectivity index (χ2v) is 7.66. The fraction of sp³-hybridized carbons (Fsp3) is 0.348. The van der Waals surface area contributed by atoms with E-state index < -0.39 is 0 Å². The quantitative estimate of drug-likeness (QED) is 0.699. The van der Waals surface area contributed by atoms with Crippen LogP contribution < -0.4 is 10.1 Å². The molecule has 0 radical (unpaired) electrons. The van der Waals surface area contributed by atoms with Crippen molar-refractivity contribution in [3.8, 4) is 5.75 Å². The molecule has 1 amide bonds. The molecule has 0 saturated carbocycles. The zero-order chi connectivity index (χ0) is 20.4. The summed E-state index contributed by atoms with van der Waals surface area (Å²) in [5, 5.41) is 3.88. The van der Waals surface area contributed by atoms with Crippen molar-refractivity contribution in [1.29, 1.82) is 0 Å². The van der Waals surface area contributed by atoms with Crippen LogP contribution in [0, 0.1) is 12.7 Å². The summed E-state index contributed by atoms with van der Waals surface area (Å²) in [7, 11) is 2.09. The summed E-state index contributed by atoms with van der Waals surface area (Å²) in [4.78, 5) is 15.2. The summed E-state index contributed by atoms with van der Waals surface area (Å²) in [6, 6.07) is 11.9. The molecule has 1 N–H and O–H groups in total. The number of fused-ring (bicyclic) bond motifs is 1. The van der Waals surface area contributed by atoms with Gasteiger partial charge >= 0.3 is 0 Å². The third-order valence-corrected chi connectivity index (χ3v) is 5.41. The number of nitrogens with one attached hydrogen (secondary N) is 1. The molecule has 2 heterocycles. The molecule has 1 saturated heterocycles. The molecule has 3 aromatic rings. The molecule has 0 spiro atoms. The molecule has 2 aromatic carbocycles. The van der Waals surface area contributed by atoms with Gasteiger partial charge in [-0.2, -0.15) is 0 Å². The Morgan fingerprint density at radius 2 is 2.03 bits per heavy atom. The number of carbonyl (C=O) groups excluding carboxylic acids is 1. The molecule has 1 aliphatic rings. The molecule has 1 aromatic heterocycles. The van der Waals surface area contributed by atoms with Crippen LogP contribution in [0.3, 0.4) is 0 Å². The standard InChI is InChI=1S/C23H25FN2O3/c1-15-22(23(27)25-18-8-10-26(2)11-9-18)20-13-19(6-7-21(20)29-15)28-14-16-4-3-5-17(24)12-16/h3-7,12-13,18H,8-11,14H2,1-2H3,(H,25,27). The number of likely N-dealkylation sites (tertiary alicyclic amines) is 1. The van der Waals surface area contributed by atoms with E-state index in [-0.39, 0.29) is 24.4 Å². The largest absolute Gasteiger partial charge is 0.489 e. The predicted molar refractivity (Wildman–Crippen MR) is 110 cm³/mol. The third kappa shape index (κ3) is 4.43. The lowest BCUT2D eigenvalue weighted by molar-refractivity contribution is 0.0917. The fourth-order valence-corrected chi connectivity index (χ4v) is 3.77. The van der Waals surface area contributed by atoms with Gasteiger partial charge in [-0.3, -0.25) is 4.79 Å². The van der Waals surface area contributed by atoms with Gasteiger partial charge in [-0.15, -0.1) is 0 Å². The molecule has 6 heteroatoms. The van der Waals surface area contributed by atoms with Gasteiger partial charge in [0.2, 0.25) is 0 Å². The first kappa shape index (κ1) is 19.5. The molecule has 0 aliphatic carbocycles. The maximum absolute atomic E-state index is 13.3. The Labute approximate surface area is 169 Å². The normalized spacial score (nSPS) is 15.6. The van der Waals surface area contributed by atoms with Crippen LogP contribution in [0.25, 0.3) is 11.0 Å². The van der Waals surface area contributed by atoms with Gasteiger partial charge in [0.05, 0.1) is 5.56 Å². The second kappa shape index (κ2) is 8.25. The molecule has 29 heavy (non-hydrogen) atoms. The van der Waals surface area contributed by atoms with Gasteiger partial charge in [-0.25, -0.2) is 4.39 Å². The average Bonchev–Trinajstić information content (AvgIpc) is 3.03. The van der Waals surface area contributed by atoms with E-state index in [1.807, 2.05) is 12.1 Å². The molecule has 0 atom stereocenters. The first-order valence-corrected chi connectivity index (χ1v) is 9.89. The zero-order valence-electron chi connectivity index (χ0n) is 16.7. The van der Waals surface area contributed by atoms with Crippen molar-refractivity contribution in [3.63, 3.8) is 0 Å². The number of hydrogen-bond donors (Lipinski definition) is 1. The van der Waals surface area contributed by atoms with Gasteiger partial charge in [0.15, 0.2) is 0 Å². The Balaban J connectivity index is 1.52. The second-order valence-electron chi connectivity index (χ2n) is 7.66. The minimum absolute atomic E-state index is 0.113. The van der Waals surface area contributed by atoms with E-state index in [1.165, 1.54) is 12.1 Å². The minimum Gasteiger partial charge on any atom is -0.489 e. The fourth-order valence-electron chi connectivity index (χ4n) is 3.77. The molecular formula is C23H25FN2O3. The van der Waals surface area contributed by atoms with E-state index in [2.05, 4.69) is 17.3 Å². The summed E-state index contributed by atoms with van der Waals surface area (Å²) >= 11 is 0. The van der Waals surface area contributed by atoms with E-state index in [0.29, 0.717) is 22.7 Å². The van der Waals surface area contributed by atoms with Crippen molar-refractivity contribution >= 4 is 16.9 Å². The van der Waals surface area contributed by atoms with Gasteiger partial charge in [-0.05, 0) is 75.8 Å². The van der Waals surface area contributed by atoms with Crippen molar-refractivity contribution in [2.24, 2.45) is 0 Å². The van der Waals surface area contributed by atoms with E-state index in [9.17, 15) is 9.18 Å². The molecule has 0 unspecified atom stereocenters. The number of benzene rings is 2. The summed E-state index contributed by atoms with van der Waals surface area (Å²) < 4.78 is 24.9. The Morgan fingerprint density at radius 3 is 2.79 bits per heavy atom. The van der Waals surface area contributed by atoms with Crippen LogP contribution >= 0.6 is 0 Å². The third-order valence-electron chi connectivity index (χ3n) is 5.41. The highest BCUT2D eigenvalue weighted by Gasteiger charge is 2.23. The zero-order valence-corrected chi connectivity index (χ0v) is 16.7. The first-order chi connectivity index (χ1) is 14.0. The molecule has 0 bridgehead atoms. The smallest absolute Gasteiger partial charge is 0.255 e. The van der Waals surface area contributed by atoms with Crippen LogP contribution in [0.2, 0.25) is 0 Å². The van der Waals surface area contributed by atoms with Crippen molar-refractivity contribution < 1.29 is 18.3 Å². The Hall–Kier alpha value is -2.86. The molecule has 1 aliphatic heterocycles. The Bertz CT molecular complexity index is 1020. The number of amides is 1. The van der Waals surface area contributed by atoms with Gasteiger partial charge in [-0.1, -0.05) is 12.1 Å². The summed E-state index contributed by atoms with van der Waals surface area (Å²) in [6.45, 7) is 4.01. The van der Waals surface area contributed by atoms with Gasteiger partial charge in [0.1, 0.15) is 29.5 Å². The Morgan fingerprint density at radius 1 is 1.24 bits per heavy atom. The highest BCUT2D eigenvalue weighted by molar-refractivity contribution is 6.07. The lowest BCUT2D eigenvalue weighted by atomic mass is 10.0. The van der Waals surface area contributed by atoms with Crippen LogP contribution in [0.5, 0.6) is 5.75 Å². The monoisotopic (exact) mass is 396 g/mol. The van der Waals surface area contributed by atoms with E-state index in [1.54, 1.807) is 25.1 Å². The SMILES string of the molecule is Cc1oc2ccc(OCc3cccc(F)c3)cc2c1C(=O)NC1CCN(C)CC1. The number of hydrogen-bond acceptors (Lipinski definition) is 4. The van der Waals surface area contributed by atoms with Gasteiger partial charge in [0, 0.05) is 11.4 Å². The summed E-state index contributed by atoms with van der Waals surface area (Å²) in [5.41, 5.74) is 1.94. The number of piperidine rings is 1. The van der Waals surface area contributed by atoms with Gasteiger partial charge < -0.3 is 19.4 Å². The number of aryl methyl sites for hydroxylation is 1. The van der Waals surface area contributed by atoms with Crippen LogP contribution in [0.15, 0.2) is 46.9 Å². The number of rotatable bonds is 5. The summed E-state index contributed by atoms with van der Waals surface area (Å²) in [6.07, 6.45) is 1.89. The molecule has 152 valence electrons. The van der Waals surface area contributed by atoms with Crippen LogP contribution in [0.1, 0.15) is 34.5 Å². The minimum atomic E-state index is -0.292. The van der Waals surface area contributed by atoms with E-state index >= 15 is 0 Å². The van der Waals surface area contributed by atoms with E-state index in [0.717, 1.165) is 36.9 Å². The van der Waals surface area contributed by atoms with E-state index in [4.69, 9.17) is 9.15 Å². The molecular weight excluding hydrogens is 371 g/mol. The molecule has 4 rings (SSSR count). The van der Waals surface area contributed by atoms with Crippen molar-refractivity contribution in [2.45, 2.75) is 32.4 Å². The van der Waals surface area contributed by atoms with Crippen molar-refractivity contribution in [2.75, 3.05) is 20.1 Å². The highest BCUT2D eigenvalue weighted by atomic mass is 19.1. The van der Waals surface area contributed by atoms with Crippen molar-refractivity contribution in [3.05, 3.63) is 65.2 Å². The van der Waals surface area contributed by atoms with Crippen LogP contribution in [-0.4, -0.2) is 37.0 Å². The average molecular weight is 396 g/mol.